The summed E-state index contributed by atoms with van der Waals surface area (Å²) in [5.41, 5.74) is 6.91. The molecule has 0 aromatic heterocycles. The van der Waals surface area contributed by atoms with Gasteiger partial charge in [0.2, 0.25) is 0 Å². The fraction of sp³-hybridized carbons (Fsp3) is 0.529. The molecule has 0 unspecified atom stereocenters. The van der Waals surface area contributed by atoms with E-state index in [4.69, 9.17) is 10.5 Å². The Balaban J connectivity index is 0.00000264. The van der Waals surface area contributed by atoms with Crippen molar-refractivity contribution in [2.45, 2.75) is 44.8 Å². The van der Waals surface area contributed by atoms with Crippen LogP contribution in [0.5, 0.6) is 0 Å². The van der Waals surface area contributed by atoms with Gasteiger partial charge < -0.3 is 15.4 Å². The summed E-state index contributed by atoms with van der Waals surface area (Å²) in [6.07, 6.45) is 4.47. The number of ether oxygens (including phenoxy) is 1. The van der Waals surface area contributed by atoms with Crippen LogP contribution in [0.3, 0.4) is 0 Å². The van der Waals surface area contributed by atoms with E-state index in [0.29, 0.717) is 31.6 Å². The minimum atomic E-state index is -0.157. The van der Waals surface area contributed by atoms with Crippen LogP contribution in [0.4, 0.5) is 0 Å². The molecule has 1 aromatic carbocycles. The van der Waals surface area contributed by atoms with Gasteiger partial charge in [-0.2, -0.15) is 0 Å². The average molecular weight is 431 g/mol. The fourth-order valence-corrected chi connectivity index (χ4v) is 2.15. The summed E-state index contributed by atoms with van der Waals surface area (Å²) in [5.74, 6) is 0.449. The number of nitrogens with two attached hydrogens (primary N) is 1. The first-order valence-corrected chi connectivity index (χ1v) is 7.89. The standard InChI is InChI=1S/C17H25N3O2.HI/c1-20(15-10-11-15)17(18)19-12-6-5-9-16(21)22-13-14-7-3-2-4-8-14;/h2-4,7-8,15H,5-6,9-13H2,1H3,(H2,18,19);1H. The van der Waals surface area contributed by atoms with E-state index in [2.05, 4.69) is 4.99 Å². The number of unbranched alkanes of at least 4 members (excludes halogenated alkanes) is 1. The molecular formula is C17H26IN3O2. The van der Waals surface area contributed by atoms with E-state index in [-0.39, 0.29) is 29.9 Å². The number of hydrogen-bond donors (Lipinski definition) is 1. The normalized spacial score (nSPS) is 14.0. The molecule has 1 aromatic rings. The Bertz CT molecular complexity index is 504. The van der Waals surface area contributed by atoms with Crippen molar-refractivity contribution >= 4 is 35.9 Å². The van der Waals surface area contributed by atoms with E-state index in [1.807, 2.05) is 42.3 Å². The Morgan fingerprint density at radius 1 is 1.30 bits per heavy atom. The zero-order chi connectivity index (χ0) is 15.8. The number of aliphatic imine (C=N–C) groups is 1. The summed E-state index contributed by atoms with van der Waals surface area (Å²) < 4.78 is 5.23. The molecule has 0 heterocycles. The van der Waals surface area contributed by atoms with E-state index in [9.17, 15) is 4.79 Å². The lowest BCUT2D eigenvalue weighted by Gasteiger charge is -2.16. The van der Waals surface area contributed by atoms with Gasteiger partial charge in [-0.05, 0) is 31.2 Å². The quantitative estimate of drug-likeness (QED) is 0.226. The molecule has 1 fully saturated rings. The SMILES string of the molecule is CN(C(N)=NCCCCC(=O)OCc1ccccc1)C1CC1.I. The highest BCUT2D eigenvalue weighted by Gasteiger charge is 2.27. The Morgan fingerprint density at radius 2 is 2.00 bits per heavy atom. The highest BCUT2D eigenvalue weighted by molar-refractivity contribution is 14.0. The van der Waals surface area contributed by atoms with Gasteiger partial charge in [0.25, 0.3) is 0 Å². The molecule has 2 rings (SSSR count). The van der Waals surface area contributed by atoms with Gasteiger partial charge in [-0.3, -0.25) is 9.79 Å². The first-order valence-electron chi connectivity index (χ1n) is 7.89. The molecule has 0 spiro atoms. The molecular weight excluding hydrogens is 405 g/mol. The van der Waals surface area contributed by atoms with Crippen LogP contribution in [0.25, 0.3) is 0 Å². The highest BCUT2D eigenvalue weighted by atomic mass is 127. The lowest BCUT2D eigenvalue weighted by atomic mass is 10.2. The third-order valence-corrected chi connectivity index (χ3v) is 3.76. The first kappa shape index (κ1) is 19.7. The van der Waals surface area contributed by atoms with Crippen molar-refractivity contribution in [2.24, 2.45) is 10.7 Å². The summed E-state index contributed by atoms with van der Waals surface area (Å²) in [6, 6.07) is 10.3. The minimum absolute atomic E-state index is 0. The lowest BCUT2D eigenvalue weighted by Crippen LogP contribution is -2.35. The number of carbonyl (C=O) groups is 1. The van der Waals surface area contributed by atoms with E-state index < -0.39 is 0 Å². The van der Waals surface area contributed by atoms with Crippen LogP contribution in [0.15, 0.2) is 35.3 Å². The molecule has 0 atom stereocenters. The van der Waals surface area contributed by atoms with Crippen LogP contribution in [0, 0.1) is 0 Å². The Labute approximate surface area is 155 Å². The molecule has 0 aliphatic heterocycles. The van der Waals surface area contributed by atoms with Crippen LogP contribution in [0.1, 0.15) is 37.7 Å². The lowest BCUT2D eigenvalue weighted by molar-refractivity contribution is -0.145. The molecule has 0 amide bonds. The maximum atomic E-state index is 11.6. The number of benzene rings is 1. The zero-order valence-corrected chi connectivity index (χ0v) is 15.9. The third kappa shape index (κ3) is 7.67. The van der Waals surface area contributed by atoms with Crippen LogP contribution in [0.2, 0.25) is 0 Å². The van der Waals surface area contributed by atoms with E-state index in [1.165, 1.54) is 12.8 Å². The first-order chi connectivity index (χ1) is 10.7. The molecule has 23 heavy (non-hydrogen) atoms. The second-order valence-electron chi connectivity index (χ2n) is 5.69. The van der Waals surface area contributed by atoms with Gasteiger partial charge in [0.1, 0.15) is 6.61 Å². The van der Waals surface area contributed by atoms with Crippen molar-refractivity contribution in [1.29, 1.82) is 0 Å². The van der Waals surface area contributed by atoms with Crippen molar-refractivity contribution < 1.29 is 9.53 Å². The molecule has 5 nitrogen and oxygen atoms in total. The molecule has 6 heteroatoms. The molecule has 1 saturated carbocycles. The largest absolute Gasteiger partial charge is 0.461 e. The van der Waals surface area contributed by atoms with Gasteiger partial charge in [-0.25, -0.2) is 0 Å². The number of rotatable bonds is 8. The summed E-state index contributed by atoms with van der Waals surface area (Å²) in [6.45, 7) is 1.01. The van der Waals surface area contributed by atoms with Crippen molar-refractivity contribution in [3.8, 4) is 0 Å². The molecule has 1 aliphatic rings. The molecule has 1 aliphatic carbocycles. The van der Waals surface area contributed by atoms with Crippen LogP contribution in [-0.2, 0) is 16.1 Å². The van der Waals surface area contributed by atoms with Gasteiger partial charge in [0, 0.05) is 26.1 Å². The number of carbonyl (C=O) groups excluding carboxylic acids is 1. The molecule has 0 saturated heterocycles. The van der Waals surface area contributed by atoms with E-state index in [0.717, 1.165) is 18.4 Å². The van der Waals surface area contributed by atoms with Crippen LogP contribution >= 0.6 is 24.0 Å². The summed E-state index contributed by atoms with van der Waals surface area (Å²) >= 11 is 0. The van der Waals surface area contributed by atoms with E-state index >= 15 is 0 Å². The molecule has 128 valence electrons. The molecule has 0 radical (unpaired) electrons. The van der Waals surface area contributed by atoms with Gasteiger partial charge in [-0.15, -0.1) is 24.0 Å². The van der Waals surface area contributed by atoms with Gasteiger partial charge in [0.05, 0.1) is 0 Å². The Kier molecular flexibility index (Phi) is 8.98. The highest BCUT2D eigenvalue weighted by Crippen LogP contribution is 2.24. The maximum absolute atomic E-state index is 11.6. The third-order valence-electron chi connectivity index (χ3n) is 3.76. The number of nitrogens with zero attached hydrogens (tertiary/aromatic N) is 2. The van der Waals surface area contributed by atoms with Gasteiger partial charge >= 0.3 is 5.97 Å². The van der Waals surface area contributed by atoms with Crippen LogP contribution in [-0.4, -0.2) is 36.5 Å². The fourth-order valence-electron chi connectivity index (χ4n) is 2.15. The summed E-state index contributed by atoms with van der Waals surface area (Å²) in [4.78, 5) is 18.0. The molecule has 0 bridgehead atoms. The Hall–Kier alpha value is -1.31. The van der Waals surface area contributed by atoms with Crippen molar-refractivity contribution in [3.63, 3.8) is 0 Å². The summed E-state index contributed by atoms with van der Waals surface area (Å²) in [5, 5.41) is 0. The summed E-state index contributed by atoms with van der Waals surface area (Å²) in [7, 11) is 1.98. The number of halogens is 1. The van der Waals surface area contributed by atoms with Gasteiger partial charge in [-0.1, -0.05) is 30.3 Å². The van der Waals surface area contributed by atoms with E-state index in [1.54, 1.807) is 0 Å². The van der Waals surface area contributed by atoms with Crippen molar-refractivity contribution in [2.75, 3.05) is 13.6 Å². The maximum Gasteiger partial charge on any atom is 0.306 e. The average Bonchev–Trinajstić information content (AvgIpc) is 3.37. The van der Waals surface area contributed by atoms with Crippen LogP contribution < -0.4 is 5.73 Å². The molecule has 2 N–H and O–H groups in total. The Morgan fingerprint density at radius 3 is 2.65 bits per heavy atom. The second-order valence-corrected chi connectivity index (χ2v) is 5.69. The predicted octanol–water partition coefficient (Wildman–Crippen LogP) is 2.93. The second kappa shape index (κ2) is 10.5. The predicted molar refractivity (Wildman–Crippen MR) is 103 cm³/mol. The number of guanidine groups is 1. The topological polar surface area (TPSA) is 67.9 Å². The minimum Gasteiger partial charge on any atom is -0.461 e. The van der Waals surface area contributed by atoms with Gasteiger partial charge in [0.15, 0.2) is 5.96 Å². The zero-order valence-electron chi connectivity index (χ0n) is 13.6. The van der Waals surface area contributed by atoms with Crippen molar-refractivity contribution in [1.82, 2.24) is 4.90 Å². The smallest absolute Gasteiger partial charge is 0.306 e. The monoisotopic (exact) mass is 431 g/mol. The number of hydrogen-bond acceptors (Lipinski definition) is 3. The van der Waals surface area contributed by atoms with Crippen molar-refractivity contribution in [3.05, 3.63) is 35.9 Å². The number of esters is 1.